The Hall–Kier alpha value is -4.55. The number of nitriles is 1. The smallest absolute Gasteiger partial charge is 0.227 e. The van der Waals surface area contributed by atoms with Crippen LogP contribution in [-0.2, 0) is 4.79 Å². The Balaban J connectivity index is 1.29. The van der Waals surface area contributed by atoms with Crippen LogP contribution in [0.15, 0.2) is 48.9 Å². The van der Waals surface area contributed by atoms with Crippen molar-refractivity contribution in [3.63, 3.8) is 0 Å². The number of aromatic amines is 1. The van der Waals surface area contributed by atoms with Gasteiger partial charge in [-0.15, -0.1) is 0 Å². The number of carbonyl (C=O) groups is 1. The summed E-state index contributed by atoms with van der Waals surface area (Å²) in [5.41, 5.74) is 7.26. The van der Waals surface area contributed by atoms with Gasteiger partial charge in [0, 0.05) is 58.2 Å². The van der Waals surface area contributed by atoms with Crippen molar-refractivity contribution in [1.82, 2.24) is 25.1 Å². The average molecular weight is 491 g/mol. The highest BCUT2D eigenvalue weighted by atomic mass is 16.1. The van der Waals surface area contributed by atoms with Crippen LogP contribution >= 0.6 is 0 Å². The lowest BCUT2D eigenvalue weighted by Gasteiger charge is -2.28. The van der Waals surface area contributed by atoms with Gasteiger partial charge in [-0.1, -0.05) is 6.07 Å². The number of amides is 1. The molecule has 0 saturated carbocycles. The summed E-state index contributed by atoms with van der Waals surface area (Å²) in [6.07, 6.45) is 8.97. The molecule has 184 valence electrons. The number of carbonyl (C=O) groups excluding carboxylic acids is 1. The minimum Gasteiger partial charge on any atom is -0.380 e. The molecule has 2 aliphatic heterocycles. The fraction of sp³-hybridized carbons (Fsp3) is 0.250. The number of hydrogen-bond donors (Lipinski definition) is 3. The van der Waals surface area contributed by atoms with Gasteiger partial charge in [-0.05, 0) is 63.3 Å². The Morgan fingerprint density at radius 2 is 2.00 bits per heavy atom. The zero-order valence-electron chi connectivity index (χ0n) is 20.5. The second-order valence-electron chi connectivity index (χ2n) is 9.62. The Morgan fingerprint density at radius 1 is 1.16 bits per heavy atom. The van der Waals surface area contributed by atoms with Gasteiger partial charge in [0.15, 0.2) is 5.65 Å². The molecule has 37 heavy (non-hydrogen) atoms. The number of nitrogens with one attached hydrogen (secondary N) is 3. The molecule has 9 heteroatoms. The Labute approximate surface area is 214 Å². The van der Waals surface area contributed by atoms with Crippen molar-refractivity contribution in [3.05, 3.63) is 65.7 Å². The standard InChI is InChI=1S/C28H26N8O/c1-36-7-5-17(6-8-36)28(37)33-22-9-19(13-30-16-22)20-10-24-26(34-35-27(24)32-14-20)21-11-23-18(12-29)3-2-4-25(23)31-15-21/h2-4,9-11,13-14,16-17,31H,5-8,15H2,1H3,(H,33,37)(H,32,34,35). The summed E-state index contributed by atoms with van der Waals surface area (Å²) < 4.78 is 0. The molecule has 3 N–H and O–H groups in total. The first-order chi connectivity index (χ1) is 18.1. The number of piperidine rings is 1. The molecule has 0 unspecified atom stereocenters. The van der Waals surface area contributed by atoms with Gasteiger partial charge in [0.1, 0.15) is 0 Å². The Kier molecular flexibility index (Phi) is 5.87. The van der Waals surface area contributed by atoms with Crippen LogP contribution < -0.4 is 10.6 Å². The molecule has 1 fully saturated rings. The van der Waals surface area contributed by atoms with Gasteiger partial charge < -0.3 is 15.5 Å². The molecule has 0 radical (unpaired) electrons. The summed E-state index contributed by atoms with van der Waals surface area (Å²) in [6, 6.07) is 11.9. The van der Waals surface area contributed by atoms with E-state index in [-0.39, 0.29) is 11.8 Å². The van der Waals surface area contributed by atoms with E-state index in [2.05, 4.69) is 48.8 Å². The van der Waals surface area contributed by atoms with Gasteiger partial charge in [-0.25, -0.2) is 4.98 Å². The van der Waals surface area contributed by atoms with Crippen LogP contribution in [0.5, 0.6) is 0 Å². The molecular weight excluding hydrogens is 464 g/mol. The molecule has 1 aromatic carbocycles. The maximum atomic E-state index is 12.8. The third-order valence-corrected chi connectivity index (χ3v) is 7.16. The molecule has 3 aromatic heterocycles. The van der Waals surface area contributed by atoms with Gasteiger partial charge in [0.25, 0.3) is 0 Å². The second kappa shape index (κ2) is 9.48. The number of pyridine rings is 2. The lowest BCUT2D eigenvalue weighted by Crippen LogP contribution is -2.35. The van der Waals surface area contributed by atoms with E-state index in [1.165, 1.54) is 0 Å². The molecular formula is C28H26N8O. The van der Waals surface area contributed by atoms with Crippen molar-refractivity contribution in [2.24, 2.45) is 5.92 Å². The lowest BCUT2D eigenvalue weighted by molar-refractivity contribution is -0.121. The number of aromatic nitrogens is 4. The van der Waals surface area contributed by atoms with Crippen LogP contribution in [-0.4, -0.2) is 57.7 Å². The molecule has 1 saturated heterocycles. The fourth-order valence-electron chi connectivity index (χ4n) is 5.03. The van der Waals surface area contributed by atoms with Crippen molar-refractivity contribution in [2.75, 3.05) is 37.3 Å². The SMILES string of the molecule is CN1CCC(C(=O)Nc2cncc(-c3cnc4[nH]nc(C5=Cc6c(C#N)cccc6NC5)c4c3)c2)CC1. The predicted molar refractivity (Wildman–Crippen MR) is 143 cm³/mol. The van der Waals surface area contributed by atoms with Crippen LogP contribution in [0, 0.1) is 17.2 Å². The number of likely N-dealkylation sites (tertiary alicyclic amines) is 1. The van der Waals surface area contributed by atoms with Crippen LogP contribution in [0.3, 0.4) is 0 Å². The number of fused-ring (bicyclic) bond motifs is 2. The normalized spacial score (nSPS) is 15.9. The van der Waals surface area contributed by atoms with E-state index in [0.29, 0.717) is 23.4 Å². The quantitative estimate of drug-likeness (QED) is 0.393. The molecule has 4 aromatic rings. The van der Waals surface area contributed by atoms with E-state index >= 15 is 0 Å². The summed E-state index contributed by atoms with van der Waals surface area (Å²) in [5, 5.41) is 24.4. The molecule has 1 amide bonds. The Bertz CT molecular complexity index is 1570. The highest BCUT2D eigenvalue weighted by molar-refractivity contribution is 5.99. The number of H-pyrrole nitrogens is 1. The molecule has 6 rings (SSSR count). The maximum absolute atomic E-state index is 12.8. The van der Waals surface area contributed by atoms with E-state index in [9.17, 15) is 10.1 Å². The van der Waals surface area contributed by atoms with E-state index in [4.69, 9.17) is 0 Å². The van der Waals surface area contributed by atoms with Crippen LogP contribution in [0.1, 0.15) is 29.7 Å². The van der Waals surface area contributed by atoms with Gasteiger partial charge in [0.2, 0.25) is 5.91 Å². The van der Waals surface area contributed by atoms with Crippen LogP contribution in [0.4, 0.5) is 11.4 Å². The van der Waals surface area contributed by atoms with Crippen LogP contribution in [0.2, 0.25) is 0 Å². The topological polar surface area (TPSA) is 123 Å². The fourth-order valence-corrected chi connectivity index (χ4v) is 5.03. The first-order valence-corrected chi connectivity index (χ1v) is 12.4. The monoisotopic (exact) mass is 490 g/mol. The summed E-state index contributed by atoms with van der Waals surface area (Å²) in [4.78, 5) is 24.0. The van der Waals surface area contributed by atoms with E-state index in [0.717, 1.165) is 65.0 Å². The number of nitrogens with zero attached hydrogens (tertiary/aromatic N) is 5. The van der Waals surface area contributed by atoms with Crippen molar-refractivity contribution in [3.8, 4) is 17.2 Å². The summed E-state index contributed by atoms with van der Waals surface area (Å²) in [6.45, 7) is 2.46. The summed E-state index contributed by atoms with van der Waals surface area (Å²) in [5.74, 6) is 0.0712. The van der Waals surface area contributed by atoms with Crippen LogP contribution in [0.25, 0.3) is 33.8 Å². The van der Waals surface area contributed by atoms with E-state index < -0.39 is 0 Å². The first-order valence-electron chi connectivity index (χ1n) is 12.4. The minimum atomic E-state index is 0.0235. The largest absolute Gasteiger partial charge is 0.380 e. The minimum absolute atomic E-state index is 0.0235. The summed E-state index contributed by atoms with van der Waals surface area (Å²) >= 11 is 0. The lowest BCUT2D eigenvalue weighted by atomic mass is 9.96. The molecule has 0 atom stereocenters. The zero-order chi connectivity index (χ0) is 25.4. The number of benzene rings is 1. The molecule has 0 spiro atoms. The first kappa shape index (κ1) is 22.9. The van der Waals surface area contributed by atoms with E-state index in [1.54, 1.807) is 18.6 Å². The average Bonchev–Trinajstić information content (AvgIpc) is 3.36. The number of hydrogen-bond acceptors (Lipinski definition) is 7. The van der Waals surface area contributed by atoms with Crippen molar-refractivity contribution < 1.29 is 4.79 Å². The Morgan fingerprint density at radius 3 is 2.84 bits per heavy atom. The molecule has 0 bridgehead atoms. The summed E-state index contributed by atoms with van der Waals surface area (Å²) in [7, 11) is 2.08. The zero-order valence-corrected chi connectivity index (χ0v) is 20.5. The van der Waals surface area contributed by atoms with Gasteiger partial charge in [-0.3, -0.25) is 14.9 Å². The van der Waals surface area contributed by atoms with E-state index in [1.807, 2.05) is 36.4 Å². The van der Waals surface area contributed by atoms with Crippen molar-refractivity contribution in [2.45, 2.75) is 12.8 Å². The third-order valence-electron chi connectivity index (χ3n) is 7.16. The molecule has 5 heterocycles. The number of rotatable bonds is 4. The van der Waals surface area contributed by atoms with Crippen molar-refractivity contribution in [1.29, 1.82) is 5.26 Å². The second-order valence-corrected chi connectivity index (χ2v) is 9.62. The maximum Gasteiger partial charge on any atom is 0.227 e. The van der Waals surface area contributed by atoms with Gasteiger partial charge in [-0.2, -0.15) is 10.4 Å². The van der Waals surface area contributed by atoms with Gasteiger partial charge >= 0.3 is 0 Å². The molecule has 9 nitrogen and oxygen atoms in total. The molecule has 2 aliphatic rings. The number of anilines is 2. The molecule has 0 aliphatic carbocycles. The predicted octanol–water partition coefficient (Wildman–Crippen LogP) is 4.14. The highest BCUT2D eigenvalue weighted by Gasteiger charge is 2.24. The highest BCUT2D eigenvalue weighted by Crippen LogP contribution is 2.33. The van der Waals surface area contributed by atoms with Crippen molar-refractivity contribution >= 4 is 40.0 Å². The van der Waals surface area contributed by atoms with Gasteiger partial charge in [0.05, 0.1) is 29.2 Å². The third kappa shape index (κ3) is 4.43.